The Bertz CT molecular complexity index is 463. The first-order chi connectivity index (χ1) is 7.99. The van der Waals surface area contributed by atoms with Crippen LogP contribution in [0.25, 0.3) is 0 Å². The fraction of sp³-hybridized carbons (Fsp3) is 0.467. The van der Waals surface area contributed by atoms with E-state index >= 15 is 0 Å². The third kappa shape index (κ3) is 2.81. The van der Waals surface area contributed by atoms with Crippen molar-refractivity contribution >= 4 is 11.3 Å². The lowest BCUT2D eigenvalue weighted by atomic mass is 9.86. The fourth-order valence-corrected chi connectivity index (χ4v) is 2.84. The van der Waals surface area contributed by atoms with Gasteiger partial charge in [-0.1, -0.05) is 33.8 Å². The van der Waals surface area contributed by atoms with Crippen LogP contribution < -0.4 is 0 Å². The van der Waals surface area contributed by atoms with Crippen LogP contribution in [-0.4, -0.2) is 0 Å². The van der Waals surface area contributed by atoms with Crippen molar-refractivity contribution in [2.24, 2.45) is 0 Å². The van der Waals surface area contributed by atoms with Gasteiger partial charge in [0.1, 0.15) is 11.5 Å². The molecule has 2 heterocycles. The molecule has 0 N–H and O–H groups in total. The summed E-state index contributed by atoms with van der Waals surface area (Å²) in [5, 5.41) is 2.14. The van der Waals surface area contributed by atoms with Gasteiger partial charge in [0.05, 0.1) is 0 Å². The zero-order valence-electron chi connectivity index (χ0n) is 11.0. The quantitative estimate of drug-likeness (QED) is 0.743. The molecule has 0 unspecified atom stereocenters. The molecule has 0 spiro atoms. The molecule has 0 aliphatic carbocycles. The Balaban J connectivity index is 2.14. The molecular weight excluding hydrogens is 228 g/mol. The number of hydrogen-bond donors (Lipinski definition) is 0. The van der Waals surface area contributed by atoms with Crippen LogP contribution in [0.3, 0.4) is 0 Å². The van der Waals surface area contributed by atoms with Gasteiger partial charge in [-0.2, -0.15) is 0 Å². The fourth-order valence-electron chi connectivity index (χ4n) is 1.99. The minimum absolute atomic E-state index is 0.153. The monoisotopic (exact) mass is 248 g/mol. The third-order valence-electron chi connectivity index (χ3n) is 3.06. The molecule has 0 amide bonds. The second kappa shape index (κ2) is 4.69. The normalized spacial score (nSPS) is 12.3. The molecule has 0 radical (unpaired) electrons. The summed E-state index contributed by atoms with van der Waals surface area (Å²) in [6.07, 6.45) is 0.959. The van der Waals surface area contributed by atoms with Crippen molar-refractivity contribution in [3.8, 4) is 0 Å². The van der Waals surface area contributed by atoms with E-state index in [1.54, 1.807) is 0 Å². The minimum atomic E-state index is 0.153. The van der Waals surface area contributed by atoms with Crippen molar-refractivity contribution in [3.63, 3.8) is 0 Å². The topological polar surface area (TPSA) is 13.1 Å². The number of rotatable bonds is 4. The van der Waals surface area contributed by atoms with E-state index in [1.807, 2.05) is 11.3 Å². The zero-order valence-corrected chi connectivity index (χ0v) is 11.8. The number of thiophene rings is 1. The van der Waals surface area contributed by atoms with Crippen LogP contribution in [-0.2, 0) is 11.8 Å². The Labute approximate surface area is 107 Å². The molecule has 1 nitrogen and oxygen atoms in total. The van der Waals surface area contributed by atoms with Gasteiger partial charge in [-0.3, -0.25) is 0 Å². The van der Waals surface area contributed by atoms with Gasteiger partial charge in [0.25, 0.3) is 0 Å². The van der Waals surface area contributed by atoms with Gasteiger partial charge in [0.2, 0.25) is 0 Å². The molecule has 2 heteroatoms. The molecule has 0 bridgehead atoms. The molecule has 0 aromatic carbocycles. The first-order valence-corrected chi connectivity index (χ1v) is 6.99. The van der Waals surface area contributed by atoms with Gasteiger partial charge in [-0.15, -0.1) is 11.3 Å². The molecule has 0 aliphatic heterocycles. The van der Waals surface area contributed by atoms with Crippen LogP contribution in [0.15, 0.2) is 34.1 Å². The highest BCUT2D eigenvalue weighted by molar-refractivity contribution is 7.10. The molecule has 0 saturated heterocycles. The van der Waals surface area contributed by atoms with Crippen LogP contribution in [0.4, 0.5) is 0 Å². The summed E-state index contributed by atoms with van der Waals surface area (Å²) >= 11 is 1.82. The van der Waals surface area contributed by atoms with E-state index in [4.69, 9.17) is 4.42 Å². The second-order valence-electron chi connectivity index (χ2n) is 5.50. The van der Waals surface area contributed by atoms with Crippen molar-refractivity contribution < 1.29 is 4.42 Å². The average Bonchev–Trinajstić information content (AvgIpc) is 2.85. The Morgan fingerprint density at radius 1 is 1.24 bits per heavy atom. The second-order valence-corrected chi connectivity index (χ2v) is 6.44. The maximum atomic E-state index is 5.88. The lowest BCUT2D eigenvalue weighted by Crippen LogP contribution is -2.18. The lowest BCUT2D eigenvalue weighted by Gasteiger charge is -2.21. The predicted octanol–water partition coefficient (Wildman–Crippen LogP) is 4.98. The Kier molecular flexibility index (Phi) is 3.43. The molecule has 2 aromatic heterocycles. The van der Waals surface area contributed by atoms with E-state index in [0.717, 1.165) is 17.9 Å². The maximum Gasteiger partial charge on any atom is 0.106 e. The van der Waals surface area contributed by atoms with Crippen LogP contribution >= 0.6 is 11.3 Å². The van der Waals surface area contributed by atoms with Crippen LogP contribution in [0.2, 0.25) is 0 Å². The highest BCUT2D eigenvalue weighted by Crippen LogP contribution is 2.32. The molecule has 92 valence electrons. The summed E-state index contributed by atoms with van der Waals surface area (Å²) in [7, 11) is 0. The van der Waals surface area contributed by atoms with Crippen LogP contribution in [0, 0.1) is 0 Å². The summed E-state index contributed by atoms with van der Waals surface area (Å²) in [6.45, 7) is 8.87. The van der Waals surface area contributed by atoms with E-state index in [2.05, 4.69) is 57.3 Å². The minimum Gasteiger partial charge on any atom is -0.466 e. The van der Waals surface area contributed by atoms with Crippen molar-refractivity contribution in [3.05, 3.63) is 46.0 Å². The van der Waals surface area contributed by atoms with Gasteiger partial charge in [0.15, 0.2) is 0 Å². The van der Waals surface area contributed by atoms with E-state index in [-0.39, 0.29) is 5.41 Å². The highest BCUT2D eigenvalue weighted by atomic mass is 32.1. The molecule has 0 aliphatic rings. The molecule has 2 rings (SSSR count). The molecule has 0 fully saturated rings. The van der Waals surface area contributed by atoms with Crippen LogP contribution in [0.1, 0.15) is 50.0 Å². The highest BCUT2D eigenvalue weighted by Gasteiger charge is 2.24. The third-order valence-corrected chi connectivity index (χ3v) is 4.29. The standard InChI is InChI=1S/C15H20OS/c1-11(2)13-8-7-12(16-13)10-15(3,4)14-6-5-9-17-14/h5-9,11H,10H2,1-4H3. The zero-order chi connectivity index (χ0) is 12.5. The molecular formula is C15H20OS. The summed E-state index contributed by atoms with van der Waals surface area (Å²) < 4.78 is 5.88. The first-order valence-electron chi connectivity index (χ1n) is 6.11. The van der Waals surface area contributed by atoms with Crippen molar-refractivity contribution in [1.29, 1.82) is 0 Å². The molecule has 0 atom stereocenters. The van der Waals surface area contributed by atoms with Gasteiger partial charge in [0, 0.05) is 22.6 Å². The lowest BCUT2D eigenvalue weighted by molar-refractivity contribution is 0.404. The van der Waals surface area contributed by atoms with Gasteiger partial charge in [-0.25, -0.2) is 0 Å². The summed E-state index contributed by atoms with van der Waals surface area (Å²) in [6, 6.07) is 8.54. The Morgan fingerprint density at radius 3 is 2.53 bits per heavy atom. The van der Waals surface area contributed by atoms with E-state index in [0.29, 0.717) is 5.92 Å². The van der Waals surface area contributed by atoms with Crippen molar-refractivity contribution in [1.82, 2.24) is 0 Å². The number of furan rings is 1. The smallest absolute Gasteiger partial charge is 0.106 e. The maximum absolute atomic E-state index is 5.88. The number of hydrogen-bond acceptors (Lipinski definition) is 2. The first kappa shape index (κ1) is 12.4. The van der Waals surface area contributed by atoms with E-state index in [9.17, 15) is 0 Å². The summed E-state index contributed by atoms with van der Waals surface area (Å²) in [4.78, 5) is 1.42. The largest absolute Gasteiger partial charge is 0.466 e. The van der Waals surface area contributed by atoms with E-state index in [1.165, 1.54) is 4.88 Å². The Morgan fingerprint density at radius 2 is 2.00 bits per heavy atom. The molecule has 0 saturated carbocycles. The average molecular weight is 248 g/mol. The Hall–Kier alpha value is -1.02. The predicted molar refractivity (Wildman–Crippen MR) is 73.8 cm³/mol. The summed E-state index contributed by atoms with van der Waals surface area (Å²) in [5.41, 5.74) is 0.153. The van der Waals surface area contributed by atoms with Crippen LogP contribution in [0.5, 0.6) is 0 Å². The molecule has 17 heavy (non-hydrogen) atoms. The van der Waals surface area contributed by atoms with E-state index < -0.39 is 0 Å². The van der Waals surface area contributed by atoms with Gasteiger partial charge < -0.3 is 4.42 Å². The molecule has 2 aromatic rings. The SMILES string of the molecule is CC(C)c1ccc(CC(C)(C)c2cccs2)o1. The van der Waals surface area contributed by atoms with Gasteiger partial charge >= 0.3 is 0 Å². The van der Waals surface area contributed by atoms with Gasteiger partial charge in [-0.05, 0) is 23.6 Å². The summed E-state index contributed by atoms with van der Waals surface area (Å²) in [5.74, 6) is 2.64. The van der Waals surface area contributed by atoms with Crippen molar-refractivity contribution in [2.75, 3.05) is 0 Å². The van der Waals surface area contributed by atoms with Crippen molar-refractivity contribution in [2.45, 2.75) is 45.4 Å².